The number of rotatable bonds is 4. The second-order valence-corrected chi connectivity index (χ2v) is 5.03. The van der Waals surface area contributed by atoms with Crippen LogP contribution in [0.2, 0.25) is 0 Å². The van der Waals surface area contributed by atoms with Gasteiger partial charge in [-0.05, 0) is 31.5 Å². The average Bonchev–Trinajstić information content (AvgIpc) is 2.36. The number of benzene rings is 1. The first-order valence-electron chi connectivity index (χ1n) is 6.12. The van der Waals surface area contributed by atoms with Crippen molar-refractivity contribution in [1.29, 1.82) is 0 Å². The van der Waals surface area contributed by atoms with Gasteiger partial charge in [-0.2, -0.15) is 0 Å². The molecule has 0 aliphatic carbocycles. The molecule has 0 radical (unpaired) electrons. The first-order chi connectivity index (χ1) is 9.04. The van der Waals surface area contributed by atoms with Gasteiger partial charge in [-0.3, -0.25) is 0 Å². The topological polar surface area (TPSA) is 50.9 Å². The molecule has 0 saturated carbocycles. The van der Waals surface area contributed by atoms with E-state index in [1.165, 1.54) is 11.1 Å². The fraction of sp³-hybridized carbons (Fsp3) is 0.200. The molecule has 1 heterocycles. The van der Waals surface area contributed by atoms with Crippen LogP contribution in [0.5, 0.6) is 0 Å². The average molecular weight is 271 g/mol. The minimum atomic E-state index is 0.393. The first kappa shape index (κ1) is 13.5. The lowest BCUT2D eigenvalue weighted by Gasteiger charge is -2.09. The van der Waals surface area contributed by atoms with Gasteiger partial charge in [0.05, 0.1) is 0 Å². The van der Waals surface area contributed by atoms with Crippen LogP contribution in [0, 0.1) is 13.8 Å². The van der Waals surface area contributed by atoms with Crippen LogP contribution >= 0.6 is 12.2 Å². The molecule has 0 aliphatic heterocycles. The van der Waals surface area contributed by atoms with Gasteiger partial charge in [0.1, 0.15) is 10.8 Å². The van der Waals surface area contributed by atoms with Crippen molar-refractivity contribution in [2.75, 3.05) is 5.32 Å². The highest BCUT2D eigenvalue weighted by Gasteiger charge is 2.02. The number of thiocarbonyl (C=S) groups is 1. The van der Waals surface area contributed by atoms with Gasteiger partial charge in [0.15, 0.2) is 0 Å². The number of aryl methyl sites for hydroxylation is 2. The number of pyridine rings is 1. The van der Waals surface area contributed by atoms with E-state index in [-0.39, 0.29) is 0 Å². The predicted molar refractivity (Wildman–Crippen MR) is 83.4 cm³/mol. The van der Waals surface area contributed by atoms with Crippen LogP contribution in [0.4, 0.5) is 5.82 Å². The molecule has 0 amide bonds. The first-order valence-corrected chi connectivity index (χ1v) is 6.53. The zero-order valence-electron chi connectivity index (χ0n) is 11.1. The van der Waals surface area contributed by atoms with Gasteiger partial charge in [0.2, 0.25) is 0 Å². The monoisotopic (exact) mass is 271 g/mol. The van der Waals surface area contributed by atoms with Crippen LogP contribution in [0.1, 0.15) is 22.4 Å². The van der Waals surface area contributed by atoms with Crippen molar-refractivity contribution in [2.45, 2.75) is 20.4 Å². The van der Waals surface area contributed by atoms with Gasteiger partial charge in [-0.1, -0.05) is 42.0 Å². The molecule has 3 N–H and O–H groups in total. The van der Waals surface area contributed by atoms with Crippen molar-refractivity contribution >= 4 is 23.0 Å². The Bertz CT molecular complexity index is 608. The van der Waals surface area contributed by atoms with E-state index in [4.69, 9.17) is 18.0 Å². The Balaban J connectivity index is 2.13. The number of hydrogen-bond donors (Lipinski definition) is 2. The molecular formula is C15H17N3S. The highest BCUT2D eigenvalue weighted by molar-refractivity contribution is 7.80. The molecule has 0 atom stereocenters. The van der Waals surface area contributed by atoms with Crippen LogP contribution in [0.15, 0.2) is 36.4 Å². The quantitative estimate of drug-likeness (QED) is 0.839. The smallest absolute Gasteiger partial charge is 0.127 e. The molecule has 0 fully saturated rings. The second-order valence-electron chi connectivity index (χ2n) is 4.59. The summed E-state index contributed by atoms with van der Waals surface area (Å²) in [6.45, 7) is 4.74. The third-order valence-electron chi connectivity index (χ3n) is 2.79. The van der Waals surface area contributed by atoms with Gasteiger partial charge in [0.25, 0.3) is 0 Å². The maximum Gasteiger partial charge on any atom is 0.127 e. The largest absolute Gasteiger partial charge is 0.389 e. The Labute approximate surface area is 118 Å². The number of nitrogens with one attached hydrogen (secondary N) is 1. The van der Waals surface area contributed by atoms with Crippen molar-refractivity contribution in [3.63, 3.8) is 0 Å². The number of aromatic nitrogens is 1. The van der Waals surface area contributed by atoms with Gasteiger partial charge in [-0.15, -0.1) is 0 Å². The van der Waals surface area contributed by atoms with Crippen molar-refractivity contribution in [2.24, 2.45) is 5.73 Å². The lowest BCUT2D eigenvalue weighted by molar-refractivity contribution is 1.08. The standard InChI is InChI=1S/C15H17N3S/c1-10-4-3-5-12(6-10)9-17-14-8-13(15(16)19)7-11(2)18-14/h3-8H,9H2,1-2H3,(H2,16,19)(H,17,18). The van der Waals surface area contributed by atoms with E-state index < -0.39 is 0 Å². The summed E-state index contributed by atoms with van der Waals surface area (Å²) in [6, 6.07) is 12.1. The normalized spacial score (nSPS) is 10.2. The molecule has 3 nitrogen and oxygen atoms in total. The van der Waals surface area contributed by atoms with Crippen LogP contribution in [0.3, 0.4) is 0 Å². The number of hydrogen-bond acceptors (Lipinski definition) is 3. The molecule has 0 aliphatic rings. The number of nitrogens with two attached hydrogens (primary N) is 1. The van der Waals surface area contributed by atoms with Crippen molar-refractivity contribution < 1.29 is 0 Å². The molecule has 0 bridgehead atoms. The Hall–Kier alpha value is -1.94. The summed E-state index contributed by atoms with van der Waals surface area (Å²) in [6.07, 6.45) is 0. The van der Waals surface area contributed by atoms with Crippen LogP contribution < -0.4 is 11.1 Å². The summed E-state index contributed by atoms with van der Waals surface area (Å²) >= 11 is 5.00. The third kappa shape index (κ3) is 3.76. The van der Waals surface area contributed by atoms with E-state index >= 15 is 0 Å². The molecule has 0 saturated heterocycles. The summed E-state index contributed by atoms with van der Waals surface area (Å²) in [5, 5.41) is 3.30. The maximum atomic E-state index is 5.65. The predicted octanol–water partition coefficient (Wildman–Crippen LogP) is 2.94. The minimum Gasteiger partial charge on any atom is -0.389 e. The molecule has 1 aromatic carbocycles. The van der Waals surface area contributed by atoms with Gasteiger partial charge >= 0.3 is 0 Å². The lowest BCUT2D eigenvalue weighted by atomic mass is 10.1. The van der Waals surface area contributed by atoms with Crippen molar-refractivity contribution in [1.82, 2.24) is 4.98 Å². The molecule has 2 aromatic rings. The van der Waals surface area contributed by atoms with E-state index in [2.05, 4.69) is 41.5 Å². The Morgan fingerprint density at radius 3 is 2.74 bits per heavy atom. The summed E-state index contributed by atoms with van der Waals surface area (Å²) < 4.78 is 0. The summed E-state index contributed by atoms with van der Waals surface area (Å²) in [7, 11) is 0. The third-order valence-corrected chi connectivity index (χ3v) is 3.03. The molecule has 0 unspecified atom stereocenters. The van der Waals surface area contributed by atoms with Gasteiger partial charge in [-0.25, -0.2) is 4.98 Å². The van der Waals surface area contributed by atoms with E-state index in [0.29, 0.717) is 4.99 Å². The van der Waals surface area contributed by atoms with Crippen molar-refractivity contribution in [3.8, 4) is 0 Å². The lowest BCUT2D eigenvalue weighted by Crippen LogP contribution is -2.11. The molecule has 98 valence electrons. The van der Waals surface area contributed by atoms with Crippen molar-refractivity contribution in [3.05, 3.63) is 58.8 Å². The summed E-state index contributed by atoms with van der Waals surface area (Å²) in [5.74, 6) is 0.796. The molecule has 1 aromatic heterocycles. The Morgan fingerprint density at radius 1 is 1.26 bits per heavy atom. The number of anilines is 1. The van der Waals surface area contributed by atoms with E-state index in [1.54, 1.807) is 0 Å². The fourth-order valence-corrected chi connectivity index (χ4v) is 2.03. The Kier molecular flexibility index (Phi) is 4.12. The number of nitrogens with zero attached hydrogens (tertiary/aromatic N) is 1. The zero-order valence-corrected chi connectivity index (χ0v) is 11.9. The van der Waals surface area contributed by atoms with E-state index in [1.807, 2.05) is 19.1 Å². The Morgan fingerprint density at radius 2 is 2.05 bits per heavy atom. The summed E-state index contributed by atoms with van der Waals surface area (Å²) in [5.41, 5.74) is 9.87. The molecule has 2 rings (SSSR count). The van der Waals surface area contributed by atoms with Crippen LogP contribution in [-0.4, -0.2) is 9.97 Å². The maximum absolute atomic E-state index is 5.65. The zero-order chi connectivity index (χ0) is 13.8. The molecule has 4 heteroatoms. The molecule has 19 heavy (non-hydrogen) atoms. The van der Waals surface area contributed by atoms with Crippen LogP contribution in [0.25, 0.3) is 0 Å². The summed E-state index contributed by atoms with van der Waals surface area (Å²) in [4.78, 5) is 4.82. The second kappa shape index (κ2) is 5.80. The minimum absolute atomic E-state index is 0.393. The fourth-order valence-electron chi connectivity index (χ4n) is 1.92. The van der Waals surface area contributed by atoms with Gasteiger partial charge in [0, 0.05) is 17.8 Å². The highest BCUT2D eigenvalue weighted by Crippen LogP contribution is 2.12. The molecular weight excluding hydrogens is 254 g/mol. The van der Waals surface area contributed by atoms with Gasteiger partial charge < -0.3 is 11.1 Å². The SMILES string of the molecule is Cc1cccc(CNc2cc(C(N)=S)cc(C)n2)c1. The van der Waals surface area contributed by atoms with E-state index in [0.717, 1.165) is 23.6 Å². The molecule has 0 spiro atoms. The van der Waals surface area contributed by atoms with Crippen LogP contribution in [-0.2, 0) is 6.54 Å². The highest BCUT2D eigenvalue weighted by atomic mass is 32.1. The van der Waals surface area contributed by atoms with E-state index in [9.17, 15) is 0 Å².